The van der Waals surface area contributed by atoms with Gasteiger partial charge >= 0.3 is 0 Å². The molecule has 0 radical (unpaired) electrons. The van der Waals surface area contributed by atoms with Crippen molar-refractivity contribution < 1.29 is 4.52 Å². The van der Waals surface area contributed by atoms with Crippen molar-refractivity contribution >= 4 is 0 Å². The van der Waals surface area contributed by atoms with Crippen molar-refractivity contribution in [3.63, 3.8) is 0 Å². The topological polar surface area (TPSA) is 51.0 Å². The third-order valence-corrected chi connectivity index (χ3v) is 4.04. The summed E-state index contributed by atoms with van der Waals surface area (Å²) in [7, 11) is 0. The predicted octanol–water partition coefficient (Wildman–Crippen LogP) is 2.96. The first kappa shape index (κ1) is 13.3. The van der Waals surface area contributed by atoms with Gasteiger partial charge in [0.05, 0.1) is 5.54 Å². The minimum atomic E-state index is -0.156. The Bertz CT molecular complexity index is 568. The molecule has 1 atom stereocenters. The maximum absolute atomic E-state index is 5.48. The number of nitrogens with zero attached hydrogens (tertiary/aromatic N) is 2. The average molecular weight is 271 g/mol. The van der Waals surface area contributed by atoms with E-state index in [0.717, 1.165) is 31.1 Å². The summed E-state index contributed by atoms with van der Waals surface area (Å²) in [4.78, 5) is 4.58. The summed E-state index contributed by atoms with van der Waals surface area (Å²) in [6.07, 6.45) is 4.21. The number of hydrogen-bond donors (Lipinski definition) is 1. The lowest BCUT2D eigenvalue weighted by atomic mass is 9.91. The van der Waals surface area contributed by atoms with Crippen molar-refractivity contribution in [2.45, 2.75) is 45.1 Å². The third-order valence-electron chi connectivity index (χ3n) is 4.04. The maximum Gasteiger partial charge on any atom is 0.246 e. The van der Waals surface area contributed by atoms with Gasteiger partial charge in [0.1, 0.15) is 0 Å². The molecule has 0 aliphatic carbocycles. The first-order chi connectivity index (χ1) is 9.66. The van der Waals surface area contributed by atoms with Gasteiger partial charge < -0.3 is 9.84 Å². The van der Waals surface area contributed by atoms with Gasteiger partial charge in [0.15, 0.2) is 5.82 Å². The summed E-state index contributed by atoms with van der Waals surface area (Å²) in [5.74, 6) is 1.48. The SMILES string of the molecule is Cc1ccc(Cc2noc(C3(C)CCCCN3)n2)cc1. The van der Waals surface area contributed by atoms with Crippen molar-refractivity contribution in [3.8, 4) is 0 Å². The van der Waals surface area contributed by atoms with E-state index in [1.165, 1.54) is 24.0 Å². The minimum Gasteiger partial charge on any atom is -0.337 e. The van der Waals surface area contributed by atoms with Gasteiger partial charge in [-0.1, -0.05) is 35.0 Å². The molecule has 1 aromatic carbocycles. The van der Waals surface area contributed by atoms with Crippen molar-refractivity contribution in [2.24, 2.45) is 0 Å². The lowest BCUT2D eigenvalue weighted by Gasteiger charge is -2.31. The highest BCUT2D eigenvalue weighted by Crippen LogP contribution is 2.28. The molecule has 0 spiro atoms. The van der Waals surface area contributed by atoms with Gasteiger partial charge in [-0.25, -0.2) is 0 Å². The molecule has 1 aliphatic rings. The molecule has 1 unspecified atom stereocenters. The number of piperidine rings is 1. The van der Waals surface area contributed by atoms with Crippen LogP contribution in [0, 0.1) is 6.92 Å². The molecule has 1 aliphatic heterocycles. The summed E-state index contributed by atoms with van der Waals surface area (Å²) in [5, 5.41) is 7.63. The second kappa shape index (κ2) is 5.37. The van der Waals surface area contributed by atoms with E-state index >= 15 is 0 Å². The van der Waals surface area contributed by atoms with E-state index in [0.29, 0.717) is 0 Å². The first-order valence-corrected chi connectivity index (χ1v) is 7.29. The van der Waals surface area contributed by atoms with Crippen molar-refractivity contribution in [1.29, 1.82) is 0 Å². The molecular weight excluding hydrogens is 250 g/mol. The highest BCUT2D eigenvalue weighted by molar-refractivity contribution is 5.23. The Balaban J connectivity index is 1.74. The average Bonchev–Trinajstić information content (AvgIpc) is 2.92. The van der Waals surface area contributed by atoms with Crippen molar-refractivity contribution in [2.75, 3.05) is 6.54 Å². The summed E-state index contributed by atoms with van der Waals surface area (Å²) in [6.45, 7) is 5.26. The molecule has 0 saturated carbocycles. The lowest BCUT2D eigenvalue weighted by Crippen LogP contribution is -2.43. The van der Waals surface area contributed by atoms with Gasteiger partial charge in [-0.2, -0.15) is 4.98 Å². The second-order valence-electron chi connectivity index (χ2n) is 5.89. The second-order valence-corrected chi connectivity index (χ2v) is 5.89. The minimum absolute atomic E-state index is 0.156. The number of aromatic nitrogens is 2. The van der Waals surface area contributed by atoms with Gasteiger partial charge in [0.25, 0.3) is 0 Å². The van der Waals surface area contributed by atoms with Crippen LogP contribution in [0.1, 0.15) is 49.0 Å². The lowest BCUT2D eigenvalue weighted by molar-refractivity contribution is 0.206. The van der Waals surface area contributed by atoms with Gasteiger partial charge in [-0.3, -0.25) is 0 Å². The Hall–Kier alpha value is -1.68. The summed E-state index contributed by atoms with van der Waals surface area (Å²) in [5.41, 5.74) is 2.32. The monoisotopic (exact) mass is 271 g/mol. The van der Waals surface area contributed by atoms with Crippen molar-refractivity contribution in [1.82, 2.24) is 15.5 Å². The van der Waals surface area contributed by atoms with Crippen LogP contribution in [0.3, 0.4) is 0 Å². The molecule has 20 heavy (non-hydrogen) atoms. The fraction of sp³-hybridized carbons (Fsp3) is 0.500. The van der Waals surface area contributed by atoms with Gasteiger partial charge in [0.2, 0.25) is 5.89 Å². The van der Waals surface area contributed by atoms with Gasteiger partial charge in [-0.15, -0.1) is 0 Å². The Kier molecular flexibility index (Phi) is 3.57. The highest BCUT2D eigenvalue weighted by atomic mass is 16.5. The fourth-order valence-corrected chi connectivity index (χ4v) is 2.68. The molecule has 1 fully saturated rings. The van der Waals surface area contributed by atoms with E-state index in [1.54, 1.807) is 0 Å². The van der Waals surface area contributed by atoms with Crippen LogP contribution >= 0.6 is 0 Å². The number of hydrogen-bond acceptors (Lipinski definition) is 4. The zero-order chi connectivity index (χ0) is 14.0. The standard InChI is InChI=1S/C16H21N3O/c1-12-5-7-13(8-6-12)11-14-18-15(20-19-14)16(2)9-3-4-10-17-16/h5-8,17H,3-4,9-11H2,1-2H3. The normalized spacial score (nSPS) is 22.9. The summed E-state index contributed by atoms with van der Waals surface area (Å²) < 4.78 is 5.48. The van der Waals surface area contributed by atoms with Crippen LogP contribution in [0.5, 0.6) is 0 Å². The Morgan fingerprint density at radius 2 is 2.05 bits per heavy atom. The number of benzene rings is 1. The van der Waals surface area contributed by atoms with Crippen LogP contribution in [0.4, 0.5) is 0 Å². The van der Waals surface area contributed by atoms with Gasteiger partial charge in [0, 0.05) is 6.42 Å². The largest absolute Gasteiger partial charge is 0.337 e. The van der Waals surface area contributed by atoms with Crippen LogP contribution in [0.15, 0.2) is 28.8 Å². The van der Waals surface area contributed by atoms with Crippen molar-refractivity contribution in [3.05, 3.63) is 47.1 Å². The number of nitrogens with one attached hydrogen (secondary N) is 1. The van der Waals surface area contributed by atoms with Crippen LogP contribution in [0.25, 0.3) is 0 Å². The molecule has 4 nitrogen and oxygen atoms in total. The van der Waals surface area contributed by atoms with E-state index in [4.69, 9.17) is 4.52 Å². The zero-order valence-corrected chi connectivity index (χ0v) is 12.1. The molecule has 0 bridgehead atoms. The third kappa shape index (κ3) is 2.75. The summed E-state index contributed by atoms with van der Waals surface area (Å²) >= 11 is 0. The van der Waals surface area contributed by atoms with E-state index in [1.807, 2.05) is 0 Å². The molecule has 4 heteroatoms. The zero-order valence-electron chi connectivity index (χ0n) is 12.1. The van der Waals surface area contributed by atoms with Crippen LogP contribution in [-0.2, 0) is 12.0 Å². The molecule has 2 aromatic rings. The highest BCUT2D eigenvalue weighted by Gasteiger charge is 2.34. The maximum atomic E-state index is 5.48. The Labute approximate surface area is 119 Å². The van der Waals surface area contributed by atoms with Crippen LogP contribution in [-0.4, -0.2) is 16.7 Å². The van der Waals surface area contributed by atoms with E-state index in [9.17, 15) is 0 Å². The molecule has 0 amide bonds. The molecule has 1 aromatic heterocycles. The number of rotatable bonds is 3. The van der Waals surface area contributed by atoms with E-state index in [-0.39, 0.29) is 5.54 Å². The number of aryl methyl sites for hydroxylation is 1. The van der Waals surface area contributed by atoms with Crippen LogP contribution in [0.2, 0.25) is 0 Å². The fourth-order valence-electron chi connectivity index (χ4n) is 2.68. The quantitative estimate of drug-likeness (QED) is 0.932. The van der Waals surface area contributed by atoms with E-state index in [2.05, 4.69) is 53.6 Å². The molecule has 1 saturated heterocycles. The molecular formula is C16H21N3O. The first-order valence-electron chi connectivity index (χ1n) is 7.29. The molecule has 3 rings (SSSR count). The van der Waals surface area contributed by atoms with Crippen LogP contribution < -0.4 is 5.32 Å². The smallest absolute Gasteiger partial charge is 0.246 e. The molecule has 1 N–H and O–H groups in total. The molecule has 106 valence electrons. The predicted molar refractivity (Wildman–Crippen MR) is 77.5 cm³/mol. The van der Waals surface area contributed by atoms with E-state index < -0.39 is 0 Å². The van der Waals surface area contributed by atoms with Gasteiger partial charge in [-0.05, 0) is 45.2 Å². The molecule has 2 heterocycles. The summed E-state index contributed by atoms with van der Waals surface area (Å²) in [6, 6.07) is 8.46. The Morgan fingerprint density at radius 3 is 2.75 bits per heavy atom. The Morgan fingerprint density at radius 1 is 1.25 bits per heavy atom.